The van der Waals surface area contributed by atoms with Gasteiger partial charge in [-0.05, 0) is 5.92 Å². The molecule has 0 fully saturated rings. The van der Waals surface area contributed by atoms with E-state index < -0.39 is 16.6 Å². The van der Waals surface area contributed by atoms with Gasteiger partial charge in [-0.25, -0.2) is 0 Å². The summed E-state index contributed by atoms with van der Waals surface area (Å²) in [5.74, 6) is -0.952. The Kier molecular flexibility index (Phi) is 4.65. The van der Waals surface area contributed by atoms with Gasteiger partial charge in [0.15, 0.2) is 5.12 Å². The fraction of sp³-hybridized carbons (Fsp3) is 0.800. The van der Waals surface area contributed by atoms with Crippen molar-refractivity contribution in [3.8, 4) is 0 Å². The quantitative estimate of drug-likeness (QED) is 0.790. The summed E-state index contributed by atoms with van der Waals surface area (Å²) in [5.41, 5.74) is -0.479. The van der Waals surface area contributed by atoms with Gasteiger partial charge in [-0.1, -0.05) is 46.4 Å². The standard InChI is InChI=1S/C10H18O3S/c1-6(2)7(8(11)12)14-9(13)10(3,4)5/h6-7H,1-5H3,(H,11,12)/t7-/m0/s1. The van der Waals surface area contributed by atoms with E-state index in [2.05, 4.69) is 0 Å². The fourth-order valence-corrected chi connectivity index (χ4v) is 1.72. The molecule has 0 aromatic heterocycles. The van der Waals surface area contributed by atoms with E-state index >= 15 is 0 Å². The van der Waals surface area contributed by atoms with Crippen LogP contribution in [0.5, 0.6) is 0 Å². The smallest absolute Gasteiger partial charge is 0.317 e. The van der Waals surface area contributed by atoms with Gasteiger partial charge in [-0.3, -0.25) is 9.59 Å². The molecule has 0 aromatic rings. The molecule has 3 nitrogen and oxygen atoms in total. The van der Waals surface area contributed by atoms with Gasteiger partial charge in [0.25, 0.3) is 0 Å². The van der Waals surface area contributed by atoms with E-state index in [-0.39, 0.29) is 11.0 Å². The minimum Gasteiger partial charge on any atom is -0.480 e. The Morgan fingerprint density at radius 1 is 1.21 bits per heavy atom. The predicted octanol–water partition coefficient (Wildman–Crippen LogP) is 2.40. The topological polar surface area (TPSA) is 54.4 Å². The van der Waals surface area contributed by atoms with Crippen molar-refractivity contribution < 1.29 is 14.7 Å². The van der Waals surface area contributed by atoms with Crippen LogP contribution in [0.2, 0.25) is 0 Å². The second-order valence-corrected chi connectivity index (χ2v) is 5.77. The van der Waals surface area contributed by atoms with E-state index in [1.807, 2.05) is 13.8 Å². The molecule has 0 spiro atoms. The first-order valence-corrected chi connectivity index (χ1v) is 5.48. The molecule has 14 heavy (non-hydrogen) atoms. The van der Waals surface area contributed by atoms with E-state index in [4.69, 9.17) is 5.11 Å². The van der Waals surface area contributed by atoms with Crippen LogP contribution in [0.4, 0.5) is 0 Å². The molecular formula is C10H18O3S. The van der Waals surface area contributed by atoms with Crippen molar-refractivity contribution >= 4 is 22.8 Å². The van der Waals surface area contributed by atoms with E-state index in [1.165, 1.54) is 0 Å². The molecule has 82 valence electrons. The SMILES string of the molecule is CC(C)[C@H](SC(=O)C(C)(C)C)C(=O)O. The minimum atomic E-state index is -0.914. The van der Waals surface area contributed by atoms with Crippen LogP contribution in [-0.2, 0) is 9.59 Å². The predicted molar refractivity (Wildman–Crippen MR) is 58.3 cm³/mol. The first kappa shape index (κ1) is 13.5. The zero-order valence-electron chi connectivity index (χ0n) is 9.33. The highest BCUT2D eigenvalue weighted by Crippen LogP contribution is 2.29. The molecule has 0 saturated heterocycles. The highest BCUT2D eigenvalue weighted by Gasteiger charge is 2.30. The monoisotopic (exact) mass is 218 g/mol. The van der Waals surface area contributed by atoms with Gasteiger partial charge in [0.2, 0.25) is 0 Å². The summed E-state index contributed by atoms with van der Waals surface area (Å²) in [6.45, 7) is 8.99. The van der Waals surface area contributed by atoms with Gasteiger partial charge in [0, 0.05) is 5.41 Å². The van der Waals surface area contributed by atoms with Crippen LogP contribution in [0.25, 0.3) is 0 Å². The van der Waals surface area contributed by atoms with Crippen molar-refractivity contribution in [2.24, 2.45) is 11.3 Å². The number of carboxylic acid groups (broad SMARTS) is 1. The number of rotatable bonds is 3. The first-order chi connectivity index (χ1) is 6.16. The maximum atomic E-state index is 11.6. The molecule has 0 radical (unpaired) electrons. The summed E-state index contributed by atoms with van der Waals surface area (Å²) in [6, 6.07) is 0. The average Bonchev–Trinajstić information content (AvgIpc) is 1.96. The summed E-state index contributed by atoms with van der Waals surface area (Å²) < 4.78 is 0. The lowest BCUT2D eigenvalue weighted by Gasteiger charge is -2.20. The molecule has 0 saturated carbocycles. The van der Waals surface area contributed by atoms with Crippen LogP contribution in [0.1, 0.15) is 34.6 Å². The Hall–Kier alpha value is -0.510. The van der Waals surface area contributed by atoms with E-state index in [0.717, 1.165) is 11.8 Å². The van der Waals surface area contributed by atoms with Crippen LogP contribution in [0, 0.1) is 11.3 Å². The maximum absolute atomic E-state index is 11.6. The van der Waals surface area contributed by atoms with Crippen molar-refractivity contribution in [3.63, 3.8) is 0 Å². The van der Waals surface area contributed by atoms with E-state index in [9.17, 15) is 9.59 Å². The lowest BCUT2D eigenvalue weighted by molar-refractivity contribution is -0.137. The minimum absolute atomic E-state index is 0.0381. The number of carbonyl (C=O) groups excluding carboxylic acids is 1. The average molecular weight is 218 g/mol. The van der Waals surface area contributed by atoms with Crippen LogP contribution < -0.4 is 0 Å². The van der Waals surface area contributed by atoms with E-state index in [0.29, 0.717) is 0 Å². The highest BCUT2D eigenvalue weighted by molar-refractivity contribution is 8.14. The van der Waals surface area contributed by atoms with E-state index in [1.54, 1.807) is 20.8 Å². The Labute approximate surface area is 89.3 Å². The molecule has 0 aliphatic rings. The second kappa shape index (κ2) is 4.82. The Balaban J connectivity index is 4.48. The molecule has 0 aliphatic heterocycles. The Bertz CT molecular complexity index is 228. The molecule has 0 amide bonds. The molecule has 4 heteroatoms. The third kappa shape index (κ3) is 4.13. The molecule has 0 aromatic carbocycles. The Morgan fingerprint density at radius 3 is 1.86 bits per heavy atom. The van der Waals surface area contributed by atoms with Crippen molar-refractivity contribution in [2.75, 3.05) is 0 Å². The van der Waals surface area contributed by atoms with Gasteiger partial charge in [-0.15, -0.1) is 0 Å². The molecule has 0 aliphatic carbocycles. The van der Waals surface area contributed by atoms with Crippen LogP contribution in [0.3, 0.4) is 0 Å². The van der Waals surface area contributed by atoms with Crippen molar-refractivity contribution in [2.45, 2.75) is 39.9 Å². The van der Waals surface area contributed by atoms with Crippen LogP contribution in [0.15, 0.2) is 0 Å². The molecule has 1 atom stereocenters. The van der Waals surface area contributed by atoms with Crippen molar-refractivity contribution in [1.82, 2.24) is 0 Å². The summed E-state index contributed by atoms with van der Waals surface area (Å²) in [6.07, 6.45) is 0. The first-order valence-electron chi connectivity index (χ1n) is 4.60. The van der Waals surface area contributed by atoms with Crippen LogP contribution >= 0.6 is 11.8 Å². The number of thioether (sulfide) groups is 1. The third-order valence-corrected chi connectivity index (χ3v) is 3.52. The van der Waals surface area contributed by atoms with Crippen molar-refractivity contribution in [3.05, 3.63) is 0 Å². The van der Waals surface area contributed by atoms with Gasteiger partial charge in [-0.2, -0.15) is 0 Å². The van der Waals surface area contributed by atoms with Gasteiger partial charge < -0.3 is 5.11 Å². The number of hydrogen-bond donors (Lipinski definition) is 1. The lowest BCUT2D eigenvalue weighted by Crippen LogP contribution is -2.28. The molecule has 0 heterocycles. The summed E-state index contributed by atoms with van der Waals surface area (Å²) >= 11 is 0.929. The lowest BCUT2D eigenvalue weighted by atomic mass is 9.99. The largest absolute Gasteiger partial charge is 0.480 e. The maximum Gasteiger partial charge on any atom is 0.317 e. The van der Waals surface area contributed by atoms with Gasteiger partial charge in [0.05, 0.1) is 0 Å². The number of hydrogen-bond acceptors (Lipinski definition) is 3. The molecular weight excluding hydrogens is 200 g/mol. The molecule has 0 unspecified atom stereocenters. The summed E-state index contributed by atoms with van der Waals surface area (Å²) in [5, 5.41) is 8.18. The zero-order chi connectivity index (χ0) is 11.5. The summed E-state index contributed by atoms with van der Waals surface area (Å²) in [7, 11) is 0. The summed E-state index contributed by atoms with van der Waals surface area (Å²) in [4.78, 5) is 22.4. The number of carboxylic acids is 1. The van der Waals surface area contributed by atoms with Crippen molar-refractivity contribution in [1.29, 1.82) is 0 Å². The fourth-order valence-electron chi connectivity index (χ4n) is 0.764. The molecule has 0 rings (SSSR count). The molecule has 0 bridgehead atoms. The number of aliphatic carboxylic acids is 1. The van der Waals surface area contributed by atoms with Crippen LogP contribution in [-0.4, -0.2) is 21.4 Å². The van der Waals surface area contributed by atoms with Gasteiger partial charge in [0.1, 0.15) is 5.25 Å². The highest BCUT2D eigenvalue weighted by atomic mass is 32.2. The number of carbonyl (C=O) groups is 2. The second-order valence-electron chi connectivity index (χ2n) is 4.66. The normalized spacial score (nSPS) is 14.1. The Morgan fingerprint density at radius 2 is 1.64 bits per heavy atom. The molecule has 1 N–H and O–H groups in total. The third-order valence-electron chi connectivity index (χ3n) is 1.70. The van der Waals surface area contributed by atoms with Gasteiger partial charge >= 0.3 is 5.97 Å². The zero-order valence-corrected chi connectivity index (χ0v) is 10.1.